The number of anilines is 1. The van der Waals surface area contributed by atoms with Crippen molar-refractivity contribution in [1.82, 2.24) is 4.98 Å². The van der Waals surface area contributed by atoms with E-state index in [1.807, 2.05) is 0 Å². The Hall–Kier alpha value is -1.71. The molecule has 1 aromatic rings. The largest absolute Gasteiger partial charge is 0.471 e. The van der Waals surface area contributed by atoms with Crippen LogP contribution in [0.5, 0.6) is 0 Å². The van der Waals surface area contributed by atoms with Crippen LogP contribution in [0.1, 0.15) is 0 Å². The summed E-state index contributed by atoms with van der Waals surface area (Å²) in [6, 6.07) is 0.930. The van der Waals surface area contributed by atoms with Crippen LogP contribution in [0.25, 0.3) is 0 Å². The summed E-state index contributed by atoms with van der Waals surface area (Å²) in [5, 5.41) is 11.8. The minimum absolute atomic E-state index is 0.203. The molecule has 0 atom stereocenters. The summed E-state index contributed by atoms with van der Waals surface area (Å²) in [4.78, 5) is 23.5. The number of alkyl halides is 3. The van der Waals surface area contributed by atoms with E-state index in [0.717, 1.165) is 12.3 Å². The third-order valence-corrected chi connectivity index (χ3v) is 1.95. The smallest absolute Gasteiger partial charge is 0.297 e. The summed E-state index contributed by atoms with van der Waals surface area (Å²) in [6.07, 6.45) is -4.11. The molecule has 0 aliphatic rings. The Bertz CT molecular complexity index is 477. The minimum Gasteiger partial charge on any atom is -0.297 e. The van der Waals surface area contributed by atoms with Crippen molar-refractivity contribution < 1.29 is 22.9 Å². The molecule has 0 aliphatic carbocycles. The number of nitrogens with one attached hydrogen (secondary N) is 1. The summed E-state index contributed by atoms with van der Waals surface area (Å²) in [6.45, 7) is 0. The molecule has 0 radical (unpaired) electrons. The van der Waals surface area contributed by atoms with Gasteiger partial charge in [-0.1, -0.05) is 0 Å². The molecular formula is C7H3BrF3N3O3. The van der Waals surface area contributed by atoms with Gasteiger partial charge < -0.3 is 0 Å². The lowest BCUT2D eigenvalue weighted by Gasteiger charge is -2.07. The first-order valence-corrected chi connectivity index (χ1v) is 4.69. The molecule has 17 heavy (non-hydrogen) atoms. The van der Waals surface area contributed by atoms with Crippen molar-refractivity contribution in [2.75, 3.05) is 5.32 Å². The average molecular weight is 314 g/mol. The van der Waals surface area contributed by atoms with Gasteiger partial charge in [-0.2, -0.15) is 13.2 Å². The first-order valence-electron chi connectivity index (χ1n) is 3.90. The van der Waals surface area contributed by atoms with Gasteiger partial charge in [0.25, 0.3) is 0 Å². The molecular weight excluding hydrogens is 311 g/mol. The Labute approximate surface area is 100 Å². The Morgan fingerprint density at radius 2 is 2.12 bits per heavy atom. The molecule has 1 N–H and O–H groups in total. The Kier molecular flexibility index (Phi) is 3.66. The maximum Gasteiger partial charge on any atom is 0.471 e. The molecule has 0 aromatic carbocycles. The lowest BCUT2D eigenvalue weighted by atomic mass is 10.4. The first kappa shape index (κ1) is 13.4. The number of hydrogen-bond acceptors (Lipinski definition) is 4. The summed E-state index contributed by atoms with van der Waals surface area (Å²) >= 11 is 2.87. The van der Waals surface area contributed by atoms with Gasteiger partial charge in [0, 0.05) is 16.7 Å². The van der Waals surface area contributed by atoms with Crippen LogP contribution in [0.2, 0.25) is 0 Å². The highest BCUT2D eigenvalue weighted by Gasteiger charge is 2.40. The number of hydrogen-bond donors (Lipinski definition) is 1. The standard InChI is InChI=1S/C7H3BrF3N3O3/c8-3-1-4(14(16)17)5(12-2-3)13-6(15)7(9,10)11/h1-2H,(H,12,13,15). The molecule has 0 fully saturated rings. The zero-order valence-electron chi connectivity index (χ0n) is 7.79. The van der Waals surface area contributed by atoms with Gasteiger partial charge in [-0.05, 0) is 15.9 Å². The van der Waals surface area contributed by atoms with Crippen LogP contribution < -0.4 is 5.32 Å². The van der Waals surface area contributed by atoms with Crippen LogP contribution in [0.15, 0.2) is 16.7 Å². The fraction of sp³-hybridized carbons (Fsp3) is 0.143. The van der Waals surface area contributed by atoms with Crippen molar-refractivity contribution in [2.45, 2.75) is 6.18 Å². The zero-order chi connectivity index (χ0) is 13.2. The Balaban J connectivity index is 3.07. The summed E-state index contributed by atoms with van der Waals surface area (Å²) in [7, 11) is 0. The van der Waals surface area contributed by atoms with E-state index in [2.05, 4.69) is 20.9 Å². The second-order valence-electron chi connectivity index (χ2n) is 2.73. The number of nitrogens with zero attached hydrogens (tertiary/aromatic N) is 2. The van der Waals surface area contributed by atoms with E-state index in [4.69, 9.17) is 0 Å². The number of rotatable bonds is 2. The molecule has 1 aromatic heterocycles. The molecule has 0 bridgehead atoms. The predicted molar refractivity (Wildman–Crippen MR) is 53.3 cm³/mol. The van der Waals surface area contributed by atoms with Crippen LogP contribution in [0, 0.1) is 10.1 Å². The highest BCUT2D eigenvalue weighted by Crippen LogP contribution is 2.27. The molecule has 0 saturated carbocycles. The van der Waals surface area contributed by atoms with E-state index < -0.39 is 28.5 Å². The number of carbonyl (C=O) groups excluding carboxylic acids is 1. The molecule has 0 aliphatic heterocycles. The predicted octanol–water partition coefficient (Wildman–Crippen LogP) is 2.25. The number of amides is 1. The molecule has 6 nitrogen and oxygen atoms in total. The van der Waals surface area contributed by atoms with E-state index in [-0.39, 0.29) is 4.47 Å². The zero-order valence-corrected chi connectivity index (χ0v) is 9.37. The van der Waals surface area contributed by atoms with Gasteiger partial charge >= 0.3 is 17.8 Å². The Morgan fingerprint density at radius 1 is 1.53 bits per heavy atom. The van der Waals surface area contributed by atoms with Gasteiger partial charge in [0.1, 0.15) is 0 Å². The van der Waals surface area contributed by atoms with Crippen LogP contribution in [0.4, 0.5) is 24.7 Å². The van der Waals surface area contributed by atoms with Gasteiger partial charge in [0.2, 0.25) is 5.82 Å². The quantitative estimate of drug-likeness (QED) is 0.670. The molecule has 0 unspecified atom stereocenters. The lowest BCUT2D eigenvalue weighted by molar-refractivity contribution is -0.384. The van der Waals surface area contributed by atoms with E-state index in [1.165, 1.54) is 5.32 Å². The molecule has 10 heteroatoms. The first-order chi connectivity index (χ1) is 7.71. The van der Waals surface area contributed by atoms with Crippen molar-refractivity contribution in [3.8, 4) is 0 Å². The van der Waals surface area contributed by atoms with E-state index in [1.54, 1.807) is 0 Å². The van der Waals surface area contributed by atoms with Crippen molar-refractivity contribution in [3.05, 3.63) is 26.9 Å². The highest BCUT2D eigenvalue weighted by molar-refractivity contribution is 9.10. The van der Waals surface area contributed by atoms with E-state index in [9.17, 15) is 28.1 Å². The van der Waals surface area contributed by atoms with E-state index in [0.29, 0.717) is 0 Å². The molecule has 0 spiro atoms. The van der Waals surface area contributed by atoms with Gasteiger partial charge in [-0.25, -0.2) is 4.98 Å². The number of pyridine rings is 1. The van der Waals surface area contributed by atoms with Crippen LogP contribution in [-0.4, -0.2) is 22.0 Å². The Morgan fingerprint density at radius 3 is 2.59 bits per heavy atom. The normalized spacial score (nSPS) is 11.1. The summed E-state index contributed by atoms with van der Waals surface area (Å²) in [5.74, 6) is -3.09. The molecule has 1 rings (SSSR count). The maximum absolute atomic E-state index is 11.9. The van der Waals surface area contributed by atoms with Crippen LogP contribution >= 0.6 is 15.9 Å². The maximum atomic E-state index is 11.9. The lowest BCUT2D eigenvalue weighted by Crippen LogP contribution is -2.30. The second-order valence-corrected chi connectivity index (χ2v) is 3.65. The third-order valence-electron chi connectivity index (χ3n) is 1.52. The SMILES string of the molecule is O=C(Nc1ncc(Br)cc1[N+](=O)[O-])C(F)(F)F. The van der Waals surface area contributed by atoms with Crippen LogP contribution in [0.3, 0.4) is 0 Å². The van der Waals surface area contributed by atoms with Crippen molar-refractivity contribution in [2.24, 2.45) is 0 Å². The fourth-order valence-corrected chi connectivity index (χ4v) is 1.16. The molecule has 0 saturated heterocycles. The number of halogens is 4. The number of aromatic nitrogens is 1. The average Bonchev–Trinajstić information content (AvgIpc) is 2.18. The topological polar surface area (TPSA) is 85.1 Å². The van der Waals surface area contributed by atoms with Gasteiger partial charge in [-0.15, -0.1) is 0 Å². The highest BCUT2D eigenvalue weighted by atomic mass is 79.9. The van der Waals surface area contributed by atoms with Crippen molar-refractivity contribution in [1.29, 1.82) is 0 Å². The summed E-state index contributed by atoms with van der Waals surface area (Å²) < 4.78 is 36.0. The number of carbonyl (C=O) groups is 1. The van der Waals surface area contributed by atoms with Crippen molar-refractivity contribution >= 4 is 33.3 Å². The molecule has 1 heterocycles. The van der Waals surface area contributed by atoms with E-state index >= 15 is 0 Å². The molecule has 92 valence electrons. The number of nitro groups is 1. The fourth-order valence-electron chi connectivity index (χ4n) is 0.842. The monoisotopic (exact) mass is 313 g/mol. The minimum atomic E-state index is -5.14. The molecule has 1 amide bonds. The van der Waals surface area contributed by atoms with Crippen molar-refractivity contribution in [3.63, 3.8) is 0 Å². The van der Waals surface area contributed by atoms with Gasteiger partial charge in [-0.3, -0.25) is 20.2 Å². The van der Waals surface area contributed by atoms with Gasteiger partial charge in [0.05, 0.1) is 4.92 Å². The summed E-state index contributed by atoms with van der Waals surface area (Å²) in [5.41, 5.74) is -0.739. The van der Waals surface area contributed by atoms with Crippen LogP contribution in [-0.2, 0) is 4.79 Å². The van der Waals surface area contributed by atoms with Gasteiger partial charge in [0.15, 0.2) is 0 Å². The third kappa shape index (κ3) is 3.37. The second kappa shape index (κ2) is 4.65.